The first kappa shape index (κ1) is 27.9. The van der Waals surface area contributed by atoms with Crippen LogP contribution >= 0.6 is 0 Å². The lowest BCUT2D eigenvalue weighted by Gasteiger charge is -2.17. The predicted octanol–water partition coefficient (Wildman–Crippen LogP) is 5.73. The molecule has 4 aromatic rings. The Balaban J connectivity index is 1.57. The molecule has 4 rings (SSSR count). The largest absolute Gasteiger partial charge is 0.493 e. The number of carbonyl (C=O) groups is 2. The van der Waals surface area contributed by atoms with Crippen molar-refractivity contribution in [2.75, 3.05) is 24.9 Å². The van der Waals surface area contributed by atoms with Gasteiger partial charge in [-0.1, -0.05) is 13.8 Å². The summed E-state index contributed by atoms with van der Waals surface area (Å²) in [6, 6.07) is 15.7. The Morgan fingerprint density at radius 2 is 1.48 bits per heavy atom. The van der Waals surface area contributed by atoms with Crippen molar-refractivity contribution >= 4 is 34.1 Å². The maximum absolute atomic E-state index is 13.2. The summed E-state index contributed by atoms with van der Waals surface area (Å²) in [4.78, 5) is 29.9. The monoisotopic (exact) mass is 544 g/mol. The van der Waals surface area contributed by atoms with E-state index in [1.165, 1.54) is 24.3 Å². The van der Waals surface area contributed by atoms with Gasteiger partial charge in [-0.3, -0.25) is 14.6 Å². The van der Waals surface area contributed by atoms with Gasteiger partial charge in [0.25, 0.3) is 11.8 Å². The Morgan fingerprint density at radius 3 is 2.10 bits per heavy atom. The molecule has 0 unspecified atom stereocenters. The lowest BCUT2D eigenvalue weighted by molar-refractivity contribution is -0.118. The number of hydrogen-bond donors (Lipinski definition) is 3. The first-order valence-electron chi connectivity index (χ1n) is 12.4. The third kappa shape index (κ3) is 6.12. The Hall–Kier alpha value is -5.12. The number of pyridine rings is 1. The molecule has 1 aromatic heterocycles. The second-order valence-corrected chi connectivity index (χ2v) is 9.04. The van der Waals surface area contributed by atoms with Crippen LogP contribution in [0.4, 0.5) is 15.8 Å². The summed E-state index contributed by atoms with van der Waals surface area (Å²) >= 11 is 0. The van der Waals surface area contributed by atoms with Crippen LogP contribution in [0.25, 0.3) is 10.9 Å². The molecule has 0 radical (unpaired) electrons. The molecule has 2 amide bonds. The molecule has 4 N–H and O–H groups in total. The molecule has 9 nitrogen and oxygen atoms in total. The normalized spacial score (nSPS) is 11.3. The summed E-state index contributed by atoms with van der Waals surface area (Å²) in [6.07, 6.45) is 2.57. The number of amides is 2. The molecule has 206 valence electrons. The highest BCUT2D eigenvalue weighted by Crippen LogP contribution is 2.39. The summed E-state index contributed by atoms with van der Waals surface area (Å²) in [5.41, 5.74) is 7.55. The zero-order valence-electron chi connectivity index (χ0n) is 22.4. The summed E-state index contributed by atoms with van der Waals surface area (Å²) < 4.78 is 30.3. The van der Waals surface area contributed by atoms with Gasteiger partial charge >= 0.3 is 0 Å². The number of anilines is 2. The van der Waals surface area contributed by atoms with Crippen LogP contribution in [0, 0.1) is 5.82 Å². The SMILES string of the molecule is COc1cc2nccc(Oc3ccc(NC(=O)/C(=C/N)C(=O)Nc4ccc(F)cc4)cc3C(C)C)c2cc1OC. The molecule has 10 heteroatoms. The minimum Gasteiger partial charge on any atom is -0.493 e. The number of halogens is 1. The van der Waals surface area contributed by atoms with Gasteiger partial charge in [-0.05, 0) is 66.1 Å². The maximum Gasteiger partial charge on any atom is 0.262 e. The molecule has 1 heterocycles. The summed E-state index contributed by atoms with van der Waals surface area (Å²) in [5.74, 6) is 0.395. The average molecular weight is 545 g/mol. The van der Waals surface area contributed by atoms with Crippen molar-refractivity contribution in [1.29, 1.82) is 0 Å². The fraction of sp³-hybridized carbons (Fsp3) is 0.167. The van der Waals surface area contributed by atoms with Crippen LogP contribution < -0.4 is 30.6 Å². The first-order chi connectivity index (χ1) is 19.2. The fourth-order valence-electron chi connectivity index (χ4n) is 4.01. The van der Waals surface area contributed by atoms with Crippen LogP contribution in [-0.2, 0) is 9.59 Å². The van der Waals surface area contributed by atoms with Crippen LogP contribution in [0.5, 0.6) is 23.0 Å². The topological polar surface area (TPSA) is 125 Å². The van der Waals surface area contributed by atoms with Gasteiger partial charge in [-0.25, -0.2) is 4.39 Å². The second-order valence-electron chi connectivity index (χ2n) is 9.04. The maximum atomic E-state index is 13.2. The summed E-state index contributed by atoms with van der Waals surface area (Å²) in [5, 5.41) is 5.97. The minimum absolute atomic E-state index is 0.0286. The van der Waals surface area contributed by atoms with Crippen LogP contribution in [0.2, 0.25) is 0 Å². The Morgan fingerprint density at radius 1 is 0.850 bits per heavy atom. The van der Waals surface area contributed by atoms with Crippen LogP contribution in [-0.4, -0.2) is 31.0 Å². The molecule has 0 spiro atoms. The fourth-order valence-corrected chi connectivity index (χ4v) is 4.01. The van der Waals surface area contributed by atoms with E-state index in [4.69, 9.17) is 19.9 Å². The Labute approximate surface area is 230 Å². The number of aromatic nitrogens is 1. The van der Waals surface area contributed by atoms with Crippen LogP contribution in [0.1, 0.15) is 25.3 Å². The molecule has 0 fully saturated rings. The molecule has 40 heavy (non-hydrogen) atoms. The lowest BCUT2D eigenvalue weighted by Crippen LogP contribution is -2.26. The van der Waals surface area contributed by atoms with E-state index in [1.54, 1.807) is 56.8 Å². The number of methoxy groups -OCH3 is 2. The zero-order chi connectivity index (χ0) is 28.8. The molecule has 3 aromatic carbocycles. The van der Waals surface area contributed by atoms with E-state index in [0.29, 0.717) is 39.9 Å². The van der Waals surface area contributed by atoms with E-state index >= 15 is 0 Å². The van der Waals surface area contributed by atoms with Gasteiger partial charge in [0.2, 0.25) is 0 Å². The smallest absolute Gasteiger partial charge is 0.262 e. The van der Waals surface area contributed by atoms with E-state index in [1.807, 2.05) is 13.8 Å². The van der Waals surface area contributed by atoms with E-state index in [9.17, 15) is 14.0 Å². The second kappa shape index (κ2) is 12.2. The van der Waals surface area contributed by atoms with Gasteiger partial charge in [0.15, 0.2) is 11.5 Å². The van der Waals surface area contributed by atoms with Crippen LogP contribution in [0.3, 0.4) is 0 Å². The van der Waals surface area contributed by atoms with Gasteiger partial charge in [0.05, 0.1) is 19.7 Å². The molecular weight excluding hydrogens is 515 g/mol. The van der Waals surface area contributed by atoms with Gasteiger partial charge in [-0.15, -0.1) is 0 Å². The molecule has 0 aliphatic carbocycles. The standard InChI is InChI=1S/C30H29FN4O5/c1-17(2)21-13-20(35-30(37)23(16-32)29(36)34-19-7-5-18(31)6-8-19)9-10-25(21)40-26-11-12-33-24-15-28(39-4)27(38-3)14-22(24)26/h5-17H,32H2,1-4H3,(H,34,36)(H,35,37)/b23-16+. The van der Waals surface area contributed by atoms with Crippen molar-refractivity contribution in [2.24, 2.45) is 5.73 Å². The molecule has 0 saturated heterocycles. The highest BCUT2D eigenvalue weighted by molar-refractivity contribution is 6.26. The van der Waals surface area contributed by atoms with Gasteiger partial charge in [0, 0.05) is 35.2 Å². The molecule has 0 atom stereocenters. The Bertz CT molecular complexity index is 1590. The predicted molar refractivity (Wildman–Crippen MR) is 151 cm³/mol. The highest BCUT2D eigenvalue weighted by Gasteiger charge is 2.20. The average Bonchev–Trinajstić information content (AvgIpc) is 2.94. The molecule has 0 aliphatic rings. The van der Waals surface area contributed by atoms with Crippen molar-refractivity contribution in [2.45, 2.75) is 19.8 Å². The van der Waals surface area contributed by atoms with Crippen LogP contribution in [0.15, 0.2) is 78.6 Å². The molecular formula is C30H29FN4O5. The van der Waals surface area contributed by atoms with E-state index < -0.39 is 17.6 Å². The number of nitrogens with two attached hydrogens (primary N) is 1. The number of fused-ring (bicyclic) bond motifs is 1. The number of hydrogen-bond acceptors (Lipinski definition) is 7. The zero-order valence-corrected chi connectivity index (χ0v) is 22.4. The van der Waals surface area contributed by atoms with E-state index in [0.717, 1.165) is 17.1 Å². The number of nitrogens with one attached hydrogen (secondary N) is 2. The van der Waals surface area contributed by atoms with Crippen molar-refractivity contribution < 1.29 is 28.2 Å². The van der Waals surface area contributed by atoms with Crippen molar-refractivity contribution in [3.8, 4) is 23.0 Å². The number of nitrogens with zero attached hydrogens (tertiary/aromatic N) is 1. The number of benzene rings is 3. The lowest BCUT2D eigenvalue weighted by atomic mass is 10.0. The third-order valence-corrected chi connectivity index (χ3v) is 6.07. The van der Waals surface area contributed by atoms with Crippen molar-refractivity contribution in [3.05, 3.63) is 90.0 Å². The van der Waals surface area contributed by atoms with Gasteiger partial charge in [-0.2, -0.15) is 0 Å². The number of rotatable bonds is 9. The molecule has 0 bridgehead atoms. The Kier molecular flexibility index (Phi) is 8.48. The highest BCUT2D eigenvalue weighted by atomic mass is 19.1. The number of carbonyl (C=O) groups excluding carboxylic acids is 2. The van der Waals surface area contributed by atoms with E-state index in [-0.39, 0.29) is 11.5 Å². The summed E-state index contributed by atoms with van der Waals surface area (Å²) in [6.45, 7) is 3.99. The van der Waals surface area contributed by atoms with E-state index in [2.05, 4.69) is 15.6 Å². The van der Waals surface area contributed by atoms with Crippen molar-refractivity contribution in [1.82, 2.24) is 4.98 Å². The quantitative estimate of drug-likeness (QED) is 0.140. The van der Waals surface area contributed by atoms with Gasteiger partial charge in [0.1, 0.15) is 22.9 Å². The van der Waals surface area contributed by atoms with Gasteiger partial charge < -0.3 is 30.6 Å². The minimum atomic E-state index is -0.729. The molecule has 0 saturated carbocycles. The van der Waals surface area contributed by atoms with Crippen molar-refractivity contribution in [3.63, 3.8) is 0 Å². The third-order valence-electron chi connectivity index (χ3n) is 6.07. The molecule has 0 aliphatic heterocycles. The summed E-state index contributed by atoms with van der Waals surface area (Å²) in [7, 11) is 3.12. The first-order valence-corrected chi connectivity index (χ1v) is 12.4. The number of ether oxygens (including phenoxy) is 3.